The van der Waals surface area contributed by atoms with E-state index < -0.39 is 17.5 Å². The molecule has 0 amide bonds. The SMILES string of the molecule is COc1c(CNO)ccc(C(F)(F)F)c1OC. The molecule has 1 aromatic carbocycles. The van der Waals surface area contributed by atoms with Crippen molar-refractivity contribution in [1.29, 1.82) is 0 Å². The molecule has 0 aromatic heterocycles. The first-order valence-corrected chi connectivity index (χ1v) is 4.63. The second-order valence-electron chi connectivity index (χ2n) is 3.17. The summed E-state index contributed by atoms with van der Waals surface area (Å²) in [5.41, 5.74) is 1.29. The fourth-order valence-corrected chi connectivity index (χ4v) is 1.48. The number of nitrogens with one attached hydrogen (secondary N) is 1. The van der Waals surface area contributed by atoms with E-state index >= 15 is 0 Å². The van der Waals surface area contributed by atoms with Crippen LogP contribution in [0.5, 0.6) is 11.5 Å². The van der Waals surface area contributed by atoms with Gasteiger partial charge in [-0.15, -0.1) is 0 Å². The molecule has 0 saturated carbocycles. The van der Waals surface area contributed by atoms with Gasteiger partial charge in [0, 0.05) is 12.1 Å². The van der Waals surface area contributed by atoms with Gasteiger partial charge in [0.25, 0.3) is 0 Å². The van der Waals surface area contributed by atoms with E-state index in [1.54, 1.807) is 0 Å². The van der Waals surface area contributed by atoms with Crippen molar-refractivity contribution >= 4 is 0 Å². The predicted molar refractivity (Wildman–Crippen MR) is 53.2 cm³/mol. The highest BCUT2D eigenvalue weighted by molar-refractivity contribution is 5.53. The highest BCUT2D eigenvalue weighted by Gasteiger charge is 2.36. The van der Waals surface area contributed by atoms with Crippen molar-refractivity contribution in [2.24, 2.45) is 0 Å². The summed E-state index contributed by atoms with van der Waals surface area (Å²) >= 11 is 0. The van der Waals surface area contributed by atoms with Crippen LogP contribution in [0.3, 0.4) is 0 Å². The number of alkyl halides is 3. The Bertz CT molecular complexity index is 393. The minimum Gasteiger partial charge on any atom is -0.493 e. The highest BCUT2D eigenvalue weighted by atomic mass is 19.4. The Labute approximate surface area is 95.9 Å². The van der Waals surface area contributed by atoms with Gasteiger partial charge in [-0.25, -0.2) is 5.48 Å². The normalized spacial score (nSPS) is 11.4. The third-order valence-electron chi connectivity index (χ3n) is 2.18. The van der Waals surface area contributed by atoms with E-state index in [0.29, 0.717) is 5.56 Å². The monoisotopic (exact) mass is 251 g/mol. The minimum atomic E-state index is -4.52. The van der Waals surface area contributed by atoms with Crippen LogP contribution >= 0.6 is 0 Å². The zero-order chi connectivity index (χ0) is 13.1. The maximum Gasteiger partial charge on any atom is 0.420 e. The largest absolute Gasteiger partial charge is 0.493 e. The van der Waals surface area contributed by atoms with E-state index in [9.17, 15) is 13.2 Å². The number of hydroxylamine groups is 1. The molecule has 96 valence electrons. The third-order valence-corrected chi connectivity index (χ3v) is 2.18. The van der Waals surface area contributed by atoms with E-state index in [1.807, 2.05) is 5.48 Å². The lowest BCUT2D eigenvalue weighted by molar-refractivity contribution is -0.138. The van der Waals surface area contributed by atoms with Crippen molar-refractivity contribution in [3.05, 3.63) is 23.3 Å². The van der Waals surface area contributed by atoms with E-state index in [-0.39, 0.29) is 12.3 Å². The molecule has 7 heteroatoms. The van der Waals surface area contributed by atoms with Gasteiger partial charge in [-0.05, 0) is 6.07 Å². The maximum absolute atomic E-state index is 12.7. The van der Waals surface area contributed by atoms with Gasteiger partial charge < -0.3 is 14.7 Å². The quantitative estimate of drug-likeness (QED) is 0.805. The van der Waals surface area contributed by atoms with Gasteiger partial charge in [-0.2, -0.15) is 13.2 Å². The number of methoxy groups -OCH3 is 2. The van der Waals surface area contributed by atoms with Crippen LogP contribution in [0.2, 0.25) is 0 Å². The summed E-state index contributed by atoms with van der Waals surface area (Å²) in [6.45, 7) is -0.0440. The molecule has 0 spiro atoms. The van der Waals surface area contributed by atoms with Crippen molar-refractivity contribution in [1.82, 2.24) is 5.48 Å². The van der Waals surface area contributed by atoms with Gasteiger partial charge in [0.15, 0.2) is 11.5 Å². The molecule has 0 atom stereocenters. The average molecular weight is 251 g/mol. The van der Waals surface area contributed by atoms with E-state index in [1.165, 1.54) is 13.2 Å². The molecule has 0 unspecified atom stereocenters. The molecule has 0 fully saturated rings. The van der Waals surface area contributed by atoms with Crippen molar-refractivity contribution in [3.8, 4) is 11.5 Å². The van der Waals surface area contributed by atoms with E-state index in [4.69, 9.17) is 14.7 Å². The molecule has 0 heterocycles. The fraction of sp³-hybridized carbons (Fsp3) is 0.400. The fourth-order valence-electron chi connectivity index (χ4n) is 1.48. The summed E-state index contributed by atoms with van der Waals surface area (Å²) in [4.78, 5) is 0. The average Bonchev–Trinajstić information content (AvgIpc) is 2.27. The highest BCUT2D eigenvalue weighted by Crippen LogP contribution is 2.43. The van der Waals surface area contributed by atoms with Crippen LogP contribution in [-0.4, -0.2) is 19.4 Å². The number of benzene rings is 1. The number of rotatable bonds is 4. The summed E-state index contributed by atoms with van der Waals surface area (Å²) in [7, 11) is 2.36. The molecule has 0 saturated heterocycles. The second-order valence-corrected chi connectivity index (χ2v) is 3.17. The Morgan fingerprint density at radius 3 is 2.18 bits per heavy atom. The minimum absolute atomic E-state index is 0.0440. The number of hydrogen-bond acceptors (Lipinski definition) is 4. The zero-order valence-electron chi connectivity index (χ0n) is 9.26. The Hall–Kier alpha value is -1.47. The van der Waals surface area contributed by atoms with Crippen LogP contribution in [0.1, 0.15) is 11.1 Å². The molecule has 17 heavy (non-hydrogen) atoms. The van der Waals surface area contributed by atoms with Gasteiger partial charge in [-0.1, -0.05) is 6.07 Å². The molecule has 1 rings (SSSR count). The smallest absolute Gasteiger partial charge is 0.420 e. The van der Waals surface area contributed by atoms with Crippen LogP contribution < -0.4 is 15.0 Å². The summed E-state index contributed by atoms with van der Waals surface area (Å²) in [5.74, 6) is -0.448. The van der Waals surface area contributed by atoms with Crippen molar-refractivity contribution < 1.29 is 27.9 Å². The van der Waals surface area contributed by atoms with Gasteiger partial charge in [0.1, 0.15) is 5.56 Å². The van der Waals surface area contributed by atoms with Gasteiger partial charge >= 0.3 is 6.18 Å². The second kappa shape index (κ2) is 5.24. The number of ether oxygens (including phenoxy) is 2. The first-order valence-electron chi connectivity index (χ1n) is 4.63. The molecular weight excluding hydrogens is 239 g/mol. The molecule has 0 aliphatic carbocycles. The van der Waals surface area contributed by atoms with E-state index in [0.717, 1.165) is 13.2 Å². The third kappa shape index (κ3) is 2.80. The van der Waals surface area contributed by atoms with Gasteiger partial charge in [0.05, 0.1) is 14.2 Å². The molecular formula is C10H12F3NO3. The van der Waals surface area contributed by atoms with Crippen LogP contribution in [-0.2, 0) is 12.7 Å². The Morgan fingerprint density at radius 2 is 1.76 bits per heavy atom. The summed E-state index contributed by atoms with van der Waals surface area (Å²) < 4.78 is 47.6. The van der Waals surface area contributed by atoms with E-state index in [2.05, 4.69) is 0 Å². The first-order chi connectivity index (χ1) is 7.95. The summed E-state index contributed by atoms with van der Waals surface area (Å²) in [6, 6.07) is 2.10. The zero-order valence-corrected chi connectivity index (χ0v) is 9.26. The van der Waals surface area contributed by atoms with Crippen LogP contribution in [0.4, 0.5) is 13.2 Å². The summed E-state index contributed by atoms with van der Waals surface area (Å²) in [6.07, 6.45) is -4.52. The van der Waals surface area contributed by atoms with Gasteiger partial charge in [0.2, 0.25) is 0 Å². The molecule has 0 bridgehead atoms. The molecule has 0 aliphatic rings. The lowest BCUT2D eigenvalue weighted by Crippen LogP contribution is -2.12. The van der Waals surface area contributed by atoms with Crippen LogP contribution in [0, 0.1) is 0 Å². The molecule has 0 radical (unpaired) electrons. The molecule has 4 nitrogen and oxygen atoms in total. The first kappa shape index (κ1) is 13.6. The van der Waals surface area contributed by atoms with Crippen molar-refractivity contribution in [2.75, 3.05) is 14.2 Å². The number of halogens is 3. The lowest BCUT2D eigenvalue weighted by atomic mass is 10.1. The van der Waals surface area contributed by atoms with Crippen LogP contribution in [0.25, 0.3) is 0 Å². The maximum atomic E-state index is 12.7. The van der Waals surface area contributed by atoms with Crippen LogP contribution in [0.15, 0.2) is 12.1 Å². The Balaban J connectivity index is 3.37. The summed E-state index contributed by atoms with van der Waals surface area (Å²) in [5, 5.41) is 8.56. The molecule has 0 aliphatic heterocycles. The van der Waals surface area contributed by atoms with Crippen molar-refractivity contribution in [3.63, 3.8) is 0 Å². The topological polar surface area (TPSA) is 50.7 Å². The number of hydrogen-bond donors (Lipinski definition) is 2. The Morgan fingerprint density at radius 1 is 1.18 bits per heavy atom. The molecule has 2 N–H and O–H groups in total. The molecule has 1 aromatic rings. The standard InChI is InChI=1S/C10H12F3NO3/c1-16-8-6(5-14-15)3-4-7(9(8)17-2)10(11,12)13/h3-4,14-15H,5H2,1-2H3. The van der Waals surface area contributed by atoms with Gasteiger partial charge in [-0.3, -0.25) is 0 Å². The Kier molecular flexibility index (Phi) is 4.19. The van der Waals surface area contributed by atoms with Crippen molar-refractivity contribution in [2.45, 2.75) is 12.7 Å². The lowest BCUT2D eigenvalue weighted by Gasteiger charge is -2.17. The predicted octanol–water partition coefficient (Wildman–Crippen LogP) is 2.20.